The van der Waals surface area contributed by atoms with Crippen molar-refractivity contribution in [3.05, 3.63) is 373 Å². The highest BCUT2D eigenvalue weighted by Crippen LogP contribution is 2.39. The summed E-state index contributed by atoms with van der Waals surface area (Å²) < 4.78 is 18.5. The fourth-order valence-electron chi connectivity index (χ4n) is 13.2. The zero-order chi connectivity index (χ0) is 76.0. The van der Waals surface area contributed by atoms with Crippen LogP contribution < -0.4 is 37.3 Å². The topological polar surface area (TPSA) is 112 Å². The zero-order valence-electron chi connectivity index (χ0n) is 60.8. The lowest BCUT2D eigenvalue weighted by atomic mass is 10.0. The van der Waals surface area contributed by atoms with E-state index < -0.39 is 0 Å². The molecule has 0 spiro atoms. The van der Waals surface area contributed by atoms with E-state index in [2.05, 4.69) is 71.9 Å². The molecule has 19 aromatic rings. The summed E-state index contributed by atoms with van der Waals surface area (Å²) in [5, 5.41) is 10.0. The maximum Gasteiger partial charge on any atom is 0.197 e. The van der Waals surface area contributed by atoms with Gasteiger partial charge < -0.3 is 4.74 Å². The number of fused-ring (bicyclic) bond motifs is 12. The fourth-order valence-corrected chi connectivity index (χ4v) is 20.4. The van der Waals surface area contributed by atoms with Gasteiger partial charge in [0.25, 0.3) is 0 Å². The van der Waals surface area contributed by atoms with E-state index >= 15 is 0 Å². The third kappa shape index (κ3) is 16.0. The van der Waals surface area contributed by atoms with Crippen LogP contribution in [0.25, 0.3) is 121 Å². The van der Waals surface area contributed by atoms with Gasteiger partial charge in [-0.05, 0) is 199 Å². The van der Waals surface area contributed by atoms with Crippen molar-refractivity contribution in [2.24, 2.45) is 0 Å². The molecular formula is C95H73ClO7S6. The van der Waals surface area contributed by atoms with Crippen molar-refractivity contribution < 1.29 is 4.74 Å². The van der Waals surface area contributed by atoms with Crippen molar-refractivity contribution >= 4 is 201 Å². The molecule has 0 saturated carbocycles. The van der Waals surface area contributed by atoms with Crippen LogP contribution in [0.5, 0.6) is 11.5 Å². The molecule has 0 radical (unpaired) electrons. The molecule has 109 heavy (non-hydrogen) atoms. The molecule has 14 heteroatoms. The van der Waals surface area contributed by atoms with Crippen LogP contribution in [-0.4, -0.2) is 0 Å². The standard InChI is InChI=1S/C19H11ClO2S.C17H16OS.2C16H14OS.C14H10OS.C13H8OS/c20-14-10-11-15(22-12-6-2-1-3-7-12)19-17(14)18(21)13-8-4-5-9-16(13)23-19;1-3-11-9-12(4-2)17-14(10-11)16(18)13-7-5-6-8-15(13)19-17;1-10(2)11-7-5-8-13-15(17)12-6-3-4-9-14(12)18-16(11)13;1-10(2)11-7-8-15-13(9-11)16(17)12-5-3-4-6-14(12)18-15;1-9-6-7-13-11(8-9)14(15)10-4-2-3-5-12(10)16-13;14-13-9-5-1-3-7-11(9)15-12-8-4-2-6-10(12)13/h1-11H;5-10H,3-4H2,1-2H3;2*3-10H,1-2H3;2-8H,1H3;1-8H. The summed E-state index contributed by atoms with van der Waals surface area (Å²) in [4.78, 5) is 74.7. The summed E-state index contributed by atoms with van der Waals surface area (Å²) in [5.41, 5.74) is 6.88. The van der Waals surface area contributed by atoms with Crippen LogP contribution in [0.4, 0.5) is 0 Å². The normalized spacial score (nSPS) is 11.2. The van der Waals surface area contributed by atoms with Gasteiger partial charge in [0.05, 0.1) is 15.1 Å². The minimum absolute atomic E-state index is 0.0575. The zero-order valence-corrected chi connectivity index (χ0v) is 66.5. The summed E-state index contributed by atoms with van der Waals surface area (Å²) in [5.74, 6) is 2.25. The molecule has 0 saturated heterocycles. The van der Waals surface area contributed by atoms with Gasteiger partial charge in [-0.15, -0.1) is 68.0 Å². The van der Waals surface area contributed by atoms with Crippen LogP contribution in [0.3, 0.4) is 0 Å². The molecule has 6 heterocycles. The van der Waals surface area contributed by atoms with Crippen LogP contribution in [0.1, 0.15) is 81.2 Å². The van der Waals surface area contributed by atoms with Crippen LogP contribution in [0.15, 0.2) is 308 Å². The summed E-state index contributed by atoms with van der Waals surface area (Å²) in [7, 11) is 0. The lowest BCUT2D eigenvalue weighted by molar-refractivity contribution is 0.489. The number of benzene rings is 13. The second-order valence-electron chi connectivity index (χ2n) is 26.9. The van der Waals surface area contributed by atoms with E-state index in [1.165, 1.54) is 33.6 Å². The van der Waals surface area contributed by atoms with E-state index in [-0.39, 0.29) is 32.6 Å². The monoisotopic (exact) mass is 1550 g/mol. The lowest BCUT2D eigenvalue weighted by Crippen LogP contribution is -2.03. The van der Waals surface area contributed by atoms with E-state index in [9.17, 15) is 28.8 Å². The molecule has 0 aliphatic heterocycles. The molecule has 538 valence electrons. The molecular weight excluding hydrogens is 1480 g/mol. The first-order valence-electron chi connectivity index (χ1n) is 36.0. The summed E-state index contributed by atoms with van der Waals surface area (Å²) in [6.07, 6.45) is 1.94. The quantitative estimate of drug-likeness (QED) is 0.152. The highest BCUT2D eigenvalue weighted by Gasteiger charge is 2.17. The van der Waals surface area contributed by atoms with Crippen LogP contribution in [-0.2, 0) is 12.8 Å². The Morgan fingerprint density at radius 1 is 0.312 bits per heavy atom. The molecule has 0 bridgehead atoms. The van der Waals surface area contributed by atoms with Crippen molar-refractivity contribution in [1.29, 1.82) is 0 Å². The number of hydrogen-bond donors (Lipinski definition) is 0. The van der Waals surface area contributed by atoms with Gasteiger partial charge in [0, 0.05) is 111 Å². The Labute approximate surface area is 657 Å². The number of hydrogen-bond acceptors (Lipinski definition) is 13. The Hall–Kier alpha value is -10.7. The highest BCUT2D eigenvalue weighted by atomic mass is 35.5. The van der Waals surface area contributed by atoms with Gasteiger partial charge in [0.2, 0.25) is 0 Å². The molecule has 0 aliphatic rings. The van der Waals surface area contributed by atoms with Gasteiger partial charge in [-0.3, -0.25) is 28.8 Å². The van der Waals surface area contributed by atoms with E-state index in [1.807, 2.05) is 250 Å². The second kappa shape index (κ2) is 33.4. The summed E-state index contributed by atoms with van der Waals surface area (Å²) in [6.45, 7) is 14.9. The second-order valence-corrected chi connectivity index (χ2v) is 33.7. The first-order chi connectivity index (χ1) is 52.9. The smallest absolute Gasteiger partial charge is 0.197 e. The number of ether oxygens (including phenoxy) is 1. The average Bonchev–Trinajstić information content (AvgIpc) is 0.774. The molecule has 6 aromatic heterocycles. The van der Waals surface area contributed by atoms with Crippen LogP contribution in [0.2, 0.25) is 5.02 Å². The van der Waals surface area contributed by atoms with Crippen molar-refractivity contribution in [3.8, 4) is 11.5 Å². The number of halogens is 1. The first-order valence-corrected chi connectivity index (χ1v) is 41.3. The van der Waals surface area contributed by atoms with Gasteiger partial charge in [0.1, 0.15) is 11.5 Å². The maximum absolute atomic E-state index is 12.8. The van der Waals surface area contributed by atoms with Crippen molar-refractivity contribution in [2.75, 3.05) is 0 Å². The molecule has 13 aromatic carbocycles. The summed E-state index contributed by atoms with van der Waals surface area (Å²) >= 11 is 16.3. The molecule has 7 nitrogen and oxygen atoms in total. The Morgan fingerprint density at radius 3 is 1.17 bits per heavy atom. The summed E-state index contributed by atoms with van der Waals surface area (Å²) in [6, 6.07) is 90.1. The van der Waals surface area contributed by atoms with E-state index in [4.69, 9.17) is 16.3 Å². The Kier molecular flexibility index (Phi) is 23.0. The van der Waals surface area contributed by atoms with Crippen molar-refractivity contribution in [3.63, 3.8) is 0 Å². The van der Waals surface area contributed by atoms with Crippen molar-refractivity contribution in [2.45, 2.75) is 73.1 Å². The Balaban J connectivity index is 0.000000110. The fraction of sp³-hybridized carbons (Fsp3) is 0.116. The maximum atomic E-state index is 12.8. The highest BCUT2D eigenvalue weighted by molar-refractivity contribution is 7.26. The van der Waals surface area contributed by atoms with E-state index in [1.54, 1.807) is 62.8 Å². The molecule has 0 unspecified atom stereocenters. The van der Waals surface area contributed by atoms with Gasteiger partial charge >= 0.3 is 0 Å². The van der Waals surface area contributed by atoms with Gasteiger partial charge in [-0.25, -0.2) is 0 Å². The predicted molar refractivity (Wildman–Crippen MR) is 477 cm³/mol. The molecule has 0 atom stereocenters. The third-order valence-electron chi connectivity index (χ3n) is 19.0. The number of para-hydroxylation sites is 1. The van der Waals surface area contributed by atoms with Crippen LogP contribution in [0, 0.1) is 6.92 Å². The van der Waals surface area contributed by atoms with Crippen LogP contribution >= 0.6 is 79.6 Å². The minimum Gasteiger partial charge on any atom is -0.456 e. The molecule has 19 rings (SSSR count). The first kappa shape index (κ1) is 75.1. The SMILES string of the molecule is CC(C)c1ccc2sc3ccccc3c(=O)c2c1.CC(C)c1cccc2c(=O)c3ccccc3sc12.CCc1cc(CC)c2sc3ccccc3c(=O)c2c1.Cc1ccc2sc3ccccc3c(=O)c2c1.O=c1c2ccccc2sc2c(Oc3ccccc3)ccc(Cl)c12.O=c1c2ccccc2sc2ccccc12. The molecule has 0 amide bonds. The van der Waals surface area contributed by atoms with Gasteiger partial charge in [-0.1, -0.05) is 192 Å². The largest absolute Gasteiger partial charge is 0.456 e. The van der Waals surface area contributed by atoms with Crippen molar-refractivity contribution in [1.82, 2.24) is 0 Å². The molecule has 0 aliphatic carbocycles. The molecule has 0 N–H and O–H groups in total. The molecule has 0 fully saturated rings. The third-order valence-corrected chi connectivity index (χ3v) is 26.4. The van der Waals surface area contributed by atoms with E-state index in [0.29, 0.717) is 33.4 Å². The number of aryl methyl sites for hydroxylation is 3. The lowest BCUT2D eigenvalue weighted by Gasteiger charge is -2.10. The number of rotatable bonds is 6. The Morgan fingerprint density at radius 2 is 0.697 bits per heavy atom. The van der Waals surface area contributed by atoms with E-state index in [0.717, 1.165) is 134 Å². The minimum atomic E-state index is -0.0575. The van der Waals surface area contributed by atoms with Gasteiger partial charge in [-0.2, -0.15) is 0 Å². The Bertz CT molecular complexity index is 6990. The average molecular weight is 1550 g/mol. The van der Waals surface area contributed by atoms with Gasteiger partial charge in [0.15, 0.2) is 32.6 Å². The predicted octanol–water partition coefficient (Wildman–Crippen LogP) is 26.6.